The van der Waals surface area contributed by atoms with Gasteiger partial charge in [0.2, 0.25) is 0 Å². The lowest BCUT2D eigenvalue weighted by atomic mass is 10.2. The Morgan fingerprint density at radius 3 is 2.75 bits per heavy atom. The smallest absolute Gasteiger partial charge is 0.265 e. The molecule has 3 aromatic rings. The van der Waals surface area contributed by atoms with Gasteiger partial charge in [-0.2, -0.15) is 5.10 Å². The number of carbonyl (C=O) groups is 1. The predicted molar refractivity (Wildman–Crippen MR) is 93.4 cm³/mol. The van der Waals surface area contributed by atoms with Crippen molar-refractivity contribution in [2.75, 3.05) is 5.32 Å². The van der Waals surface area contributed by atoms with E-state index in [1.54, 1.807) is 42.1 Å². The van der Waals surface area contributed by atoms with Gasteiger partial charge in [-0.25, -0.2) is 4.98 Å². The number of benzene rings is 1. The summed E-state index contributed by atoms with van der Waals surface area (Å²) in [5.41, 5.74) is 2.24. The fourth-order valence-electron chi connectivity index (χ4n) is 2.39. The lowest BCUT2D eigenvalue weighted by Gasteiger charge is -2.14. The van der Waals surface area contributed by atoms with Crippen molar-refractivity contribution in [2.45, 2.75) is 20.0 Å². The summed E-state index contributed by atoms with van der Waals surface area (Å²) < 4.78 is 7.32. The van der Waals surface area contributed by atoms with E-state index >= 15 is 0 Å². The number of aromatic nitrogens is 3. The van der Waals surface area contributed by atoms with Crippen molar-refractivity contribution in [3.8, 4) is 5.75 Å². The highest BCUT2D eigenvalue weighted by Gasteiger charge is 2.16. The summed E-state index contributed by atoms with van der Waals surface area (Å²) in [5.74, 6) is 0.325. The molecule has 0 aliphatic carbocycles. The molecule has 7 heteroatoms. The van der Waals surface area contributed by atoms with Gasteiger partial charge in [0.1, 0.15) is 5.75 Å². The van der Waals surface area contributed by atoms with Gasteiger partial charge in [-0.15, -0.1) is 0 Å². The van der Waals surface area contributed by atoms with Crippen LogP contribution in [0.25, 0.3) is 11.0 Å². The van der Waals surface area contributed by atoms with E-state index in [2.05, 4.69) is 15.4 Å². The van der Waals surface area contributed by atoms with Gasteiger partial charge >= 0.3 is 0 Å². The van der Waals surface area contributed by atoms with Crippen LogP contribution >= 0.6 is 11.6 Å². The zero-order valence-electron chi connectivity index (χ0n) is 13.6. The van der Waals surface area contributed by atoms with Crippen LogP contribution in [0.15, 0.2) is 36.5 Å². The molecule has 0 fully saturated rings. The van der Waals surface area contributed by atoms with Crippen LogP contribution in [0, 0.1) is 6.92 Å². The molecule has 0 spiro atoms. The molecule has 1 amide bonds. The van der Waals surface area contributed by atoms with Crippen molar-refractivity contribution in [3.63, 3.8) is 0 Å². The van der Waals surface area contributed by atoms with Gasteiger partial charge in [-0.05, 0) is 44.2 Å². The van der Waals surface area contributed by atoms with Gasteiger partial charge in [-0.3, -0.25) is 9.48 Å². The Kier molecular flexibility index (Phi) is 4.40. The molecule has 2 heterocycles. The first-order valence-electron chi connectivity index (χ1n) is 7.46. The maximum atomic E-state index is 12.3. The summed E-state index contributed by atoms with van der Waals surface area (Å²) >= 11 is 5.83. The highest BCUT2D eigenvalue weighted by molar-refractivity contribution is 6.30. The van der Waals surface area contributed by atoms with Crippen molar-refractivity contribution in [1.29, 1.82) is 0 Å². The number of ether oxygens (including phenoxy) is 1. The number of anilines is 1. The van der Waals surface area contributed by atoms with Crippen molar-refractivity contribution < 1.29 is 9.53 Å². The predicted octanol–water partition coefficient (Wildman–Crippen LogP) is 3.34. The van der Waals surface area contributed by atoms with E-state index in [0.29, 0.717) is 16.5 Å². The number of aryl methyl sites for hydroxylation is 2. The summed E-state index contributed by atoms with van der Waals surface area (Å²) in [7, 11) is 1.84. The van der Waals surface area contributed by atoms with Crippen LogP contribution in [0.5, 0.6) is 5.75 Å². The molecule has 1 N–H and O–H groups in total. The Morgan fingerprint density at radius 2 is 2.04 bits per heavy atom. The molecule has 2 aromatic heterocycles. The van der Waals surface area contributed by atoms with E-state index < -0.39 is 6.10 Å². The van der Waals surface area contributed by atoms with Crippen molar-refractivity contribution in [3.05, 3.63) is 47.2 Å². The third-order valence-electron chi connectivity index (χ3n) is 3.63. The number of amides is 1. The van der Waals surface area contributed by atoms with Crippen LogP contribution in [0.2, 0.25) is 5.02 Å². The number of rotatable bonds is 4. The second-order valence-electron chi connectivity index (χ2n) is 5.51. The minimum Gasteiger partial charge on any atom is -0.481 e. The number of nitrogens with zero attached hydrogens (tertiary/aromatic N) is 3. The molecule has 6 nitrogen and oxygen atoms in total. The quantitative estimate of drug-likeness (QED) is 0.788. The Bertz CT molecular complexity index is 889. The first-order valence-corrected chi connectivity index (χ1v) is 7.84. The molecule has 124 valence electrons. The van der Waals surface area contributed by atoms with E-state index in [-0.39, 0.29) is 5.91 Å². The molecular weight excluding hydrogens is 328 g/mol. The number of pyridine rings is 1. The average molecular weight is 345 g/mol. The maximum Gasteiger partial charge on any atom is 0.265 e. The van der Waals surface area contributed by atoms with Gasteiger partial charge < -0.3 is 10.1 Å². The van der Waals surface area contributed by atoms with E-state index in [1.165, 1.54) is 0 Å². The van der Waals surface area contributed by atoms with Crippen molar-refractivity contribution in [2.24, 2.45) is 7.05 Å². The standard InChI is InChI=1S/C17H17ClN4O2/c1-10-15-8-13(9-19-16(15)22(3)21-10)20-17(23)11(2)24-14-6-4-12(18)5-7-14/h4-9,11H,1-3H3,(H,20,23). The summed E-state index contributed by atoms with van der Waals surface area (Å²) in [6.07, 6.45) is 0.952. The summed E-state index contributed by atoms with van der Waals surface area (Å²) in [4.78, 5) is 16.6. The zero-order chi connectivity index (χ0) is 17.3. The number of hydrogen-bond donors (Lipinski definition) is 1. The van der Waals surface area contributed by atoms with E-state index in [4.69, 9.17) is 16.3 Å². The molecule has 3 rings (SSSR count). The molecule has 0 bridgehead atoms. The van der Waals surface area contributed by atoms with Gasteiger partial charge in [0.25, 0.3) is 5.91 Å². The molecule has 1 unspecified atom stereocenters. The SMILES string of the molecule is Cc1nn(C)c2ncc(NC(=O)C(C)Oc3ccc(Cl)cc3)cc12. The highest BCUT2D eigenvalue weighted by Crippen LogP contribution is 2.20. The normalized spacial score (nSPS) is 12.2. The van der Waals surface area contributed by atoms with Crippen LogP contribution in [0.1, 0.15) is 12.6 Å². The number of hydrogen-bond acceptors (Lipinski definition) is 4. The summed E-state index contributed by atoms with van der Waals surface area (Å²) in [6, 6.07) is 8.73. The molecule has 0 saturated heterocycles. The van der Waals surface area contributed by atoms with Crippen molar-refractivity contribution in [1.82, 2.24) is 14.8 Å². The van der Waals surface area contributed by atoms with E-state index in [9.17, 15) is 4.79 Å². The van der Waals surface area contributed by atoms with Crippen molar-refractivity contribution >= 4 is 34.2 Å². The highest BCUT2D eigenvalue weighted by atomic mass is 35.5. The minimum absolute atomic E-state index is 0.257. The second-order valence-corrected chi connectivity index (χ2v) is 5.94. The average Bonchev–Trinajstić information content (AvgIpc) is 2.84. The third-order valence-corrected chi connectivity index (χ3v) is 3.88. The molecule has 0 radical (unpaired) electrons. The van der Waals surface area contributed by atoms with Crippen LogP contribution in [0.4, 0.5) is 5.69 Å². The number of halogens is 1. The monoisotopic (exact) mass is 344 g/mol. The number of fused-ring (bicyclic) bond motifs is 1. The van der Waals surface area contributed by atoms with Gasteiger partial charge in [0.05, 0.1) is 17.6 Å². The largest absolute Gasteiger partial charge is 0.481 e. The van der Waals surface area contributed by atoms with Crippen LogP contribution in [-0.2, 0) is 11.8 Å². The van der Waals surface area contributed by atoms with E-state index in [0.717, 1.165) is 16.7 Å². The minimum atomic E-state index is -0.656. The first kappa shape index (κ1) is 16.3. The van der Waals surface area contributed by atoms with Gasteiger partial charge in [-0.1, -0.05) is 11.6 Å². The maximum absolute atomic E-state index is 12.3. The molecule has 0 aliphatic rings. The van der Waals surface area contributed by atoms with E-state index in [1.807, 2.05) is 20.0 Å². The molecule has 0 aliphatic heterocycles. The van der Waals surface area contributed by atoms with Gasteiger partial charge in [0, 0.05) is 17.5 Å². The Hall–Kier alpha value is -2.60. The lowest BCUT2D eigenvalue weighted by Crippen LogP contribution is -2.30. The Balaban J connectivity index is 1.71. The summed E-state index contributed by atoms with van der Waals surface area (Å²) in [6.45, 7) is 3.59. The molecule has 1 aromatic carbocycles. The lowest BCUT2D eigenvalue weighted by molar-refractivity contribution is -0.122. The first-order chi connectivity index (χ1) is 11.4. The Labute approximate surface area is 144 Å². The van der Waals surface area contributed by atoms with Crippen LogP contribution < -0.4 is 10.1 Å². The molecular formula is C17H17ClN4O2. The number of nitrogens with one attached hydrogen (secondary N) is 1. The summed E-state index contributed by atoms with van der Waals surface area (Å²) in [5, 5.41) is 8.65. The van der Waals surface area contributed by atoms with Gasteiger partial charge in [0.15, 0.2) is 11.8 Å². The van der Waals surface area contributed by atoms with Crippen LogP contribution in [0.3, 0.4) is 0 Å². The second kappa shape index (κ2) is 6.49. The fourth-order valence-corrected chi connectivity index (χ4v) is 2.52. The molecule has 1 atom stereocenters. The van der Waals surface area contributed by atoms with Crippen LogP contribution in [-0.4, -0.2) is 26.8 Å². The Morgan fingerprint density at radius 1 is 1.33 bits per heavy atom. The third kappa shape index (κ3) is 3.33. The molecule has 24 heavy (non-hydrogen) atoms. The molecule has 0 saturated carbocycles. The zero-order valence-corrected chi connectivity index (χ0v) is 14.3. The topological polar surface area (TPSA) is 69.0 Å². The fraction of sp³-hybridized carbons (Fsp3) is 0.235. The number of carbonyl (C=O) groups excluding carboxylic acids is 1.